The van der Waals surface area contributed by atoms with E-state index in [1.807, 2.05) is 13.4 Å². The molecule has 0 bridgehead atoms. The molecule has 2 aromatic heterocycles. The van der Waals surface area contributed by atoms with Crippen LogP contribution in [0.1, 0.15) is 53.0 Å². The standard InChI is InChI=1S/C28H37N5OSi/c1-6-13-22(33-21-32-25-26(29-5)30-20-31-27(25)33)18-19-34-35(28(2,3)4,23-14-9-7-10-15-23)24-16-11-8-12-17-24/h7-12,14-17,20-22H,6,13,18-19H2,1-5H3,(H,29,30,31). The predicted octanol–water partition coefficient (Wildman–Crippen LogP) is 5.18. The molecule has 2 aromatic carbocycles. The normalized spacial score (nSPS) is 13.2. The highest BCUT2D eigenvalue weighted by molar-refractivity contribution is 6.99. The lowest BCUT2D eigenvalue weighted by molar-refractivity contribution is 0.258. The van der Waals surface area contributed by atoms with Crippen molar-refractivity contribution in [3.8, 4) is 0 Å². The first-order chi connectivity index (χ1) is 16.9. The summed E-state index contributed by atoms with van der Waals surface area (Å²) in [5.74, 6) is 0.757. The van der Waals surface area contributed by atoms with E-state index in [2.05, 4.69) is 113 Å². The molecule has 0 amide bonds. The van der Waals surface area contributed by atoms with Crippen LogP contribution in [0.15, 0.2) is 73.3 Å². The molecule has 1 atom stereocenters. The van der Waals surface area contributed by atoms with Crippen LogP contribution in [-0.4, -0.2) is 41.5 Å². The molecule has 7 heteroatoms. The first kappa shape index (κ1) is 25.1. The molecular weight excluding hydrogens is 450 g/mol. The van der Waals surface area contributed by atoms with Gasteiger partial charge in [0, 0.05) is 19.7 Å². The lowest BCUT2D eigenvalue weighted by Gasteiger charge is -2.43. The molecule has 0 saturated heterocycles. The van der Waals surface area contributed by atoms with E-state index in [1.54, 1.807) is 6.33 Å². The van der Waals surface area contributed by atoms with E-state index >= 15 is 0 Å². The van der Waals surface area contributed by atoms with Crippen LogP contribution in [0.3, 0.4) is 0 Å². The van der Waals surface area contributed by atoms with Gasteiger partial charge in [0.15, 0.2) is 11.5 Å². The predicted molar refractivity (Wildman–Crippen MR) is 147 cm³/mol. The lowest BCUT2D eigenvalue weighted by atomic mass is 10.1. The van der Waals surface area contributed by atoms with E-state index in [0.29, 0.717) is 6.61 Å². The molecule has 35 heavy (non-hydrogen) atoms. The number of aromatic nitrogens is 4. The Labute approximate surface area is 209 Å². The van der Waals surface area contributed by atoms with Crippen LogP contribution in [-0.2, 0) is 4.43 Å². The number of nitrogens with one attached hydrogen (secondary N) is 1. The van der Waals surface area contributed by atoms with E-state index in [-0.39, 0.29) is 11.1 Å². The highest BCUT2D eigenvalue weighted by atomic mass is 28.4. The van der Waals surface area contributed by atoms with Gasteiger partial charge in [0.1, 0.15) is 11.8 Å². The van der Waals surface area contributed by atoms with E-state index < -0.39 is 8.32 Å². The second-order valence-electron chi connectivity index (χ2n) is 10.0. The minimum atomic E-state index is -2.55. The maximum Gasteiger partial charge on any atom is 0.261 e. The van der Waals surface area contributed by atoms with Crippen molar-refractivity contribution >= 4 is 35.7 Å². The molecule has 1 unspecified atom stereocenters. The highest BCUT2D eigenvalue weighted by Crippen LogP contribution is 2.37. The largest absolute Gasteiger partial charge is 0.407 e. The third kappa shape index (κ3) is 4.88. The first-order valence-corrected chi connectivity index (χ1v) is 14.4. The molecule has 1 N–H and O–H groups in total. The van der Waals surface area contributed by atoms with Crippen LogP contribution >= 0.6 is 0 Å². The SMILES string of the molecule is CCCC(CCO[Si](c1ccccc1)(c1ccccc1)C(C)(C)C)n1cnc2c(NC)ncnc21. The number of anilines is 1. The van der Waals surface area contributed by atoms with Crippen LogP contribution in [0.4, 0.5) is 5.82 Å². The highest BCUT2D eigenvalue weighted by Gasteiger charge is 2.50. The fraction of sp³-hybridized carbons (Fsp3) is 0.393. The van der Waals surface area contributed by atoms with E-state index in [9.17, 15) is 0 Å². The van der Waals surface area contributed by atoms with Gasteiger partial charge in [-0.25, -0.2) is 15.0 Å². The Balaban J connectivity index is 1.67. The Morgan fingerprint density at radius 2 is 1.54 bits per heavy atom. The van der Waals surface area contributed by atoms with E-state index in [1.165, 1.54) is 10.4 Å². The summed E-state index contributed by atoms with van der Waals surface area (Å²) in [6.45, 7) is 9.86. The van der Waals surface area contributed by atoms with Gasteiger partial charge in [0.25, 0.3) is 8.32 Å². The zero-order chi connectivity index (χ0) is 24.9. The summed E-state index contributed by atoms with van der Waals surface area (Å²) in [6.07, 6.45) is 6.52. The topological polar surface area (TPSA) is 64.9 Å². The monoisotopic (exact) mass is 487 g/mol. The maximum absolute atomic E-state index is 7.16. The zero-order valence-electron chi connectivity index (χ0n) is 21.5. The number of hydrogen-bond acceptors (Lipinski definition) is 5. The van der Waals surface area contributed by atoms with Gasteiger partial charge in [0.2, 0.25) is 0 Å². The van der Waals surface area contributed by atoms with E-state index in [4.69, 9.17) is 4.43 Å². The Morgan fingerprint density at radius 1 is 0.914 bits per heavy atom. The van der Waals surface area contributed by atoms with Gasteiger partial charge in [-0.1, -0.05) is 94.8 Å². The molecule has 184 valence electrons. The Hall–Kier alpha value is -3.03. The number of nitrogens with zero attached hydrogens (tertiary/aromatic N) is 4. The summed E-state index contributed by atoms with van der Waals surface area (Å²) in [4.78, 5) is 13.5. The molecule has 0 radical (unpaired) electrons. The average Bonchev–Trinajstić information content (AvgIpc) is 3.30. The van der Waals surface area contributed by atoms with Crippen LogP contribution in [0.5, 0.6) is 0 Å². The maximum atomic E-state index is 7.16. The fourth-order valence-corrected chi connectivity index (χ4v) is 9.75. The smallest absolute Gasteiger partial charge is 0.261 e. The van der Waals surface area contributed by atoms with Crippen molar-refractivity contribution in [1.29, 1.82) is 0 Å². The van der Waals surface area contributed by atoms with Gasteiger partial charge in [-0.2, -0.15) is 0 Å². The Morgan fingerprint density at radius 3 is 2.09 bits per heavy atom. The van der Waals surface area contributed by atoms with Crippen LogP contribution in [0.25, 0.3) is 11.2 Å². The van der Waals surface area contributed by atoms with Gasteiger partial charge < -0.3 is 14.3 Å². The lowest BCUT2D eigenvalue weighted by Crippen LogP contribution is -2.66. The average molecular weight is 488 g/mol. The van der Waals surface area contributed by atoms with Crippen LogP contribution in [0, 0.1) is 0 Å². The fourth-order valence-electron chi connectivity index (χ4n) is 5.17. The third-order valence-electron chi connectivity index (χ3n) is 6.80. The Kier molecular flexibility index (Phi) is 7.67. The van der Waals surface area contributed by atoms with Gasteiger partial charge in [-0.15, -0.1) is 0 Å². The molecule has 2 heterocycles. The summed E-state index contributed by atoms with van der Waals surface area (Å²) in [5, 5.41) is 5.71. The molecule has 0 spiro atoms. The summed E-state index contributed by atoms with van der Waals surface area (Å²) in [6, 6.07) is 21.9. The van der Waals surface area contributed by atoms with Crippen molar-refractivity contribution in [2.75, 3.05) is 19.0 Å². The van der Waals surface area contributed by atoms with Crippen molar-refractivity contribution in [2.45, 2.75) is 58.0 Å². The van der Waals surface area contributed by atoms with Crippen molar-refractivity contribution in [3.05, 3.63) is 73.3 Å². The van der Waals surface area contributed by atoms with Crippen molar-refractivity contribution in [1.82, 2.24) is 19.5 Å². The molecule has 4 aromatic rings. The van der Waals surface area contributed by atoms with Gasteiger partial charge in [0.05, 0.1) is 6.33 Å². The molecule has 0 aliphatic heterocycles. The van der Waals surface area contributed by atoms with Gasteiger partial charge >= 0.3 is 0 Å². The van der Waals surface area contributed by atoms with Gasteiger partial charge in [-0.3, -0.25) is 0 Å². The molecule has 0 aliphatic carbocycles. The van der Waals surface area contributed by atoms with Crippen molar-refractivity contribution < 1.29 is 4.43 Å². The van der Waals surface area contributed by atoms with Crippen molar-refractivity contribution in [3.63, 3.8) is 0 Å². The van der Waals surface area contributed by atoms with Crippen LogP contribution in [0.2, 0.25) is 5.04 Å². The second kappa shape index (κ2) is 10.7. The number of rotatable bonds is 10. The van der Waals surface area contributed by atoms with Crippen molar-refractivity contribution in [2.24, 2.45) is 0 Å². The zero-order valence-corrected chi connectivity index (χ0v) is 22.5. The second-order valence-corrected chi connectivity index (χ2v) is 14.3. The first-order valence-electron chi connectivity index (χ1n) is 12.5. The van der Waals surface area contributed by atoms with Gasteiger partial charge in [-0.05, 0) is 28.3 Å². The number of fused-ring (bicyclic) bond motifs is 1. The summed E-state index contributed by atoms with van der Waals surface area (Å²) < 4.78 is 9.36. The molecule has 4 rings (SSSR count). The third-order valence-corrected chi connectivity index (χ3v) is 11.8. The minimum absolute atomic E-state index is 0.0351. The quantitative estimate of drug-likeness (QED) is 0.312. The minimum Gasteiger partial charge on any atom is -0.407 e. The summed E-state index contributed by atoms with van der Waals surface area (Å²) in [7, 11) is -0.690. The molecule has 0 saturated carbocycles. The number of benzene rings is 2. The number of imidazole rings is 1. The molecule has 6 nitrogen and oxygen atoms in total. The summed E-state index contributed by atoms with van der Waals surface area (Å²) >= 11 is 0. The molecular formula is C28H37N5OSi. The number of hydrogen-bond donors (Lipinski definition) is 1. The Bertz CT molecular complexity index is 1180. The summed E-state index contributed by atoms with van der Waals surface area (Å²) in [5.41, 5.74) is 1.68. The molecule has 0 fully saturated rings. The molecule has 0 aliphatic rings. The van der Waals surface area contributed by atoms with Crippen LogP contribution < -0.4 is 15.7 Å². The van der Waals surface area contributed by atoms with E-state index in [0.717, 1.165) is 36.2 Å².